The second kappa shape index (κ2) is 10.7. The number of nitrogens with two attached hydrogens (primary N) is 1. The summed E-state index contributed by atoms with van der Waals surface area (Å²) >= 11 is 5.12. The van der Waals surface area contributed by atoms with E-state index in [1.54, 1.807) is 12.1 Å². The number of carboxylic acids is 1. The molecule has 7 N–H and O–H groups in total. The number of benzene rings is 1. The van der Waals surface area contributed by atoms with E-state index in [4.69, 9.17) is 17.4 Å². The highest BCUT2D eigenvalue weighted by atomic mass is 32.2. The first kappa shape index (κ1) is 23.3. The van der Waals surface area contributed by atoms with E-state index < -0.39 is 27.9 Å². The minimum Gasteiger partial charge on any atom is -0.480 e. The van der Waals surface area contributed by atoms with Gasteiger partial charge in [0.05, 0.1) is 11.2 Å². The molecule has 30 heavy (non-hydrogen) atoms. The molecule has 0 aliphatic heterocycles. The number of hydrogen-bond acceptors (Lipinski definition) is 6. The lowest BCUT2D eigenvalue weighted by molar-refractivity contribution is -0.141. The number of rotatable bonds is 10. The van der Waals surface area contributed by atoms with Crippen molar-refractivity contribution in [1.82, 2.24) is 25.9 Å². The van der Waals surface area contributed by atoms with Crippen molar-refractivity contribution in [2.24, 2.45) is 5.14 Å². The van der Waals surface area contributed by atoms with Crippen LogP contribution in [0.15, 0.2) is 41.7 Å². The third-order valence-corrected chi connectivity index (χ3v) is 5.17. The van der Waals surface area contributed by atoms with Crippen LogP contribution in [0.25, 0.3) is 0 Å². The van der Waals surface area contributed by atoms with Gasteiger partial charge in [0.25, 0.3) is 0 Å². The quantitative estimate of drug-likeness (QED) is 0.251. The summed E-state index contributed by atoms with van der Waals surface area (Å²) < 4.78 is 22.5. The van der Waals surface area contributed by atoms with Gasteiger partial charge < -0.3 is 26.0 Å². The lowest BCUT2D eigenvalue weighted by Gasteiger charge is -2.14. The largest absolute Gasteiger partial charge is 0.480 e. The van der Waals surface area contributed by atoms with Gasteiger partial charge in [-0.3, -0.25) is 4.79 Å². The maximum atomic E-state index is 12.0. The summed E-state index contributed by atoms with van der Waals surface area (Å²) in [6, 6.07) is 4.94. The number of carbonyl (C=O) groups is 2. The minimum absolute atomic E-state index is 0.0187. The summed E-state index contributed by atoms with van der Waals surface area (Å²) in [5.74, 6) is -1.58. The molecule has 1 atom stereocenters. The Hall–Kier alpha value is -3.03. The predicted octanol–water partition coefficient (Wildman–Crippen LogP) is -0.777. The van der Waals surface area contributed by atoms with Crippen LogP contribution in [0.5, 0.6) is 0 Å². The van der Waals surface area contributed by atoms with Crippen LogP contribution in [-0.4, -0.2) is 53.1 Å². The molecule has 2 aromatic rings. The fraction of sp³-hybridized carbons (Fsp3) is 0.294. The zero-order valence-electron chi connectivity index (χ0n) is 15.8. The van der Waals surface area contributed by atoms with Crippen molar-refractivity contribution in [2.45, 2.75) is 30.3 Å². The molecule has 0 radical (unpaired) electrons. The summed E-state index contributed by atoms with van der Waals surface area (Å²) in [4.78, 5) is 29.9. The number of carboxylic acid groups (broad SMARTS) is 1. The SMILES string of the molecule is NS(=O)(=O)c1ccc(CNC(=S)NCCC(=O)NC(Cc2cnc[nH]2)C(=O)O)cc1. The number of carbonyl (C=O) groups excluding carboxylic acids is 1. The monoisotopic (exact) mass is 454 g/mol. The highest BCUT2D eigenvalue weighted by Crippen LogP contribution is 2.08. The Morgan fingerprint density at radius 3 is 2.50 bits per heavy atom. The van der Waals surface area contributed by atoms with Gasteiger partial charge in [0.15, 0.2) is 5.11 Å². The molecule has 1 heterocycles. The van der Waals surface area contributed by atoms with Crippen LogP contribution in [0, 0.1) is 0 Å². The fourth-order valence-corrected chi connectivity index (χ4v) is 3.10. The smallest absolute Gasteiger partial charge is 0.326 e. The first-order valence-corrected chi connectivity index (χ1v) is 10.7. The molecule has 162 valence electrons. The van der Waals surface area contributed by atoms with Crippen molar-refractivity contribution < 1.29 is 23.1 Å². The highest BCUT2D eigenvalue weighted by molar-refractivity contribution is 7.89. The summed E-state index contributed by atoms with van der Waals surface area (Å²) in [6.45, 7) is 0.548. The first-order valence-electron chi connectivity index (χ1n) is 8.78. The molecular weight excluding hydrogens is 432 g/mol. The number of primary sulfonamides is 1. The topological polar surface area (TPSA) is 179 Å². The van der Waals surface area contributed by atoms with E-state index in [1.165, 1.54) is 24.7 Å². The zero-order chi connectivity index (χ0) is 22.1. The molecule has 1 aromatic heterocycles. The van der Waals surface area contributed by atoms with Crippen molar-refractivity contribution >= 4 is 39.2 Å². The molecular formula is C17H22N6O5S2. The van der Waals surface area contributed by atoms with Crippen molar-refractivity contribution in [3.63, 3.8) is 0 Å². The van der Waals surface area contributed by atoms with Crippen LogP contribution >= 0.6 is 12.2 Å². The average Bonchev–Trinajstić information content (AvgIpc) is 3.18. The van der Waals surface area contributed by atoms with E-state index in [2.05, 4.69) is 25.9 Å². The molecule has 0 bridgehead atoms. The number of nitrogens with one attached hydrogen (secondary N) is 4. The molecule has 1 unspecified atom stereocenters. The molecule has 1 amide bonds. The van der Waals surface area contributed by atoms with E-state index in [0.717, 1.165) is 5.56 Å². The molecule has 13 heteroatoms. The van der Waals surface area contributed by atoms with Gasteiger partial charge in [-0.2, -0.15) is 0 Å². The van der Waals surface area contributed by atoms with Crippen LogP contribution in [0.4, 0.5) is 0 Å². The molecule has 11 nitrogen and oxygen atoms in total. The summed E-state index contributed by atoms with van der Waals surface area (Å²) in [5.41, 5.74) is 1.38. The Kier molecular flexibility index (Phi) is 8.26. The van der Waals surface area contributed by atoms with Gasteiger partial charge in [0, 0.05) is 37.8 Å². The third-order valence-electron chi connectivity index (χ3n) is 3.95. The van der Waals surface area contributed by atoms with Gasteiger partial charge in [-0.15, -0.1) is 0 Å². The number of H-pyrrole nitrogens is 1. The number of hydrogen-bond donors (Lipinski definition) is 6. The fourth-order valence-electron chi connectivity index (χ4n) is 2.41. The number of nitrogens with zero attached hydrogens (tertiary/aromatic N) is 1. The highest BCUT2D eigenvalue weighted by Gasteiger charge is 2.20. The number of imidazole rings is 1. The van der Waals surface area contributed by atoms with E-state index in [0.29, 0.717) is 17.4 Å². The van der Waals surface area contributed by atoms with Crippen molar-refractivity contribution in [3.05, 3.63) is 48.0 Å². The Labute approximate surface area is 178 Å². The van der Waals surface area contributed by atoms with Crippen molar-refractivity contribution in [3.8, 4) is 0 Å². The first-order chi connectivity index (χ1) is 14.1. The van der Waals surface area contributed by atoms with Crippen LogP contribution in [0.2, 0.25) is 0 Å². The number of aliphatic carboxylic acids is 1. The molecule has 0 aliphatic carbocycles. The van der Waals surface area contributed by atoms with E-state index >= 15 is 0 Å². The number of thiocarbonyl (C=S) groups is 1. The molecule has 0 saturated heterocycles. The summed E-state index contributed by atoms with van der Waals surface area (Å²) in [5, 5.41) is 22.8. The van der Waals surface area contributed by atoms with E-state index in [1.807, 2.05) is 0 Å². The van der Waals surface area contributed by atoms with Gasteiger partial charge in [0.2, 0.25) is 15.9 Å². The normalized spacial score (nSPS) is 12.0. The second-order valence-corrected chi connectivity index (χ2v) is 8.26. The van der Waals surface area contributed by atoms with Crippen LogP contribution < -0.4 is 21.1 Å². The molecule has 0 saturated carbocycles. The van der Waals surface area contributed by atoms with E-state index in [9.17, 15) is 23.1 Å². The Morgan fingerprint density at radius 2 is 1.93 bits per heavy atom. The van der Waals surface area contributed by atoms with Gasteiger partial charge in [-0.1, -0.05) is 12.1 Å². The van der Waals surface area contributed by atoms with Gasteiger partial charge in [-0.25, -0.2) is 23.3 Å². The number of sulfonamides is 1. The summed E-state index contributed by atoms with van der Waals surface area (Å²) in [6.07, 6.45) is 3.05. The van der Waals surface area contributed by atoms with Crippen molar-refractivity contribution in [1.29, 1.82) is 0 Å². The minimum atomic E-state index is -3.74. The third kappa shape index (κ3) is 7.77. The van der Waals surface area contributed by atoms with Crippen LogP contribution in [0.1, 0.15) is 17.7 Å². The second-order valence-electron chi connectivity index (χ2n) is 6.29. The Balaban J connectivity index is 1.70. The average molecular weight is 455 g/mol. The lowest BCUT2D eigenvalue weighted by Crippen LogP contribution is -2.44. The standard InChI is InChI=1S/C17H22N6O5S2/c18-30(27,28)13-3-1-11(2-4-13)8-21-17(29)20-6-5-15(24)23-14(16(25)26)7-12-9-19-10-22-12/h1-4,9-10,14H,5-8H2,(H,19,22)(H,23,24)(H,25,26)(H2,18,27,28)(H2,20,21,29). The number of aromatic amines is 1. The maximum Gasteiger partial charge on any atom is 0.326 e. The zero-order valence-corrected chi connectivity index (χ0v) is 17.4. The van der Waals surface area contributed by atoms with E-state index in [-0.39, 0.29) is 24.3 Å². The number of amides is 1. The predicted molar refractivity (Wildman–Crippen MR) is 112 cm³/mol. The number of aromatic nitrogens is 2. The van der Waals surface area contributed by atoms with Gasteiger partial charge >= 0.3 is 5.97 Å². The van der Waals surface area contributed by atoms with Crippen LogP contribution in [-0.2, 0) is 32.6 Å². The van der Waals surface area contributed by atoms with Gasteiger partial charge in [0.1, 0.15) is 6.04 Å². The lowest BCUT2D eigenvalue weighted by atomic mass is 10.1. The molecule has 0 aliphatic rings. The van der Waals surface area contributed by atoms with Gasteiger partial charge in [-0.05, 0) is 29.9 Å². The summed E-state index contributed by atoms with van der Waals surface area (Å²) in [7, 11) is -3.74. The Morgan fingerprint density at radius 1 is 1.23 bits per heavy atom. The maximum absolute atomic E-state index is 12.0. The molecule has 0 spiro atoms. The molecule has 1 aromatic carbocycles. The Bertz CT molecular complexity index is 977. The van der Waals surface area contributed by atoms with Crippen LogP contribution in [0.3, 0.4) is 0 Å². The molecule has 0 fully saturated rings. The molecule has 2 rings (SSSR count). The van der Waals surface area contributed by atoms with Crippen molar-refractivity contribution in [2.75, 3.05) is 6.54 Å².